The molecule has 25 heavy (non-hydrogen) atoms. The third-order valence-corrected chi connectivity index (χ3v) is 3.52. The van der Waals surface area contributed by atoms with Crippen molar-refractivity contribution in [1.29, 1.82) is 5.26 Å². The Morgan fingerprint density at radius 1 is 1.28 bits per heavy atom. The Labute approximate surface area is 148 Å². The number of halogens is 1. The number of nitro benzene ring substituents is 1. The van der Waals surface area contributed by atoms with E-state index < -0.39 is 10.8 Å². The summed E-state index contributed by atoms with van der Waals surface area (Å²) in [6.45, 7) is 1.84. The molecule has 2 rings (SSSR count). The minimum Gasteiger partial charge on any atom is -0.360 e. The largest absolute Gasteiger partial charge is 0.360 e. The van der Waals surface area contributed by atoms with Crippen LogP contribution in [0, 0.1) is 28.4 Å². The number of nitrogens with zero attached hydrogens (tertiary/aromatic N) is 2. The van der Waals surface area contributed by atoms with Gasteiger partial charge >= 0.3 is 0 Å². The van der Waals surface area contributed by atoms with E-state index in [0.29, 0.717) is 10.7 Å². The number of hydrogen-bond acceptors (Lipinski definition) is 5. The molecule has 0 aliphatic rings. The number of hydrogen-bond donors (Lipinski definition) is 2. The van der Waals surface area contributed by atoms with E-state index in [1.165, 1.54) is 24.4 Å². The number of nitro groups is 1. The van der Waals surface area contributed by atoms with Gasteiger partial charge in [-0.3, -0.25) is 14.9 Å². The minimum atomic E-state index is -0.760. The predicted molar refractivity (Wildman–Crippen MR) is 95.2 cm³/mol. The number of aryl methyl sites for hydroxylation is 1. The summed E-state index contributed by atoms with van der Waals surface area (Å²) in [6, 6.07) is 12.6. The van der Waals surface area contributed by atoms with Crippen LogP contribution >= 0.6 is 11.6 Å². The van der Waals surface area contributed by atoms with Crippen LogP contribution in [0.4, 0.5) is 17.1 Å². The van der Waals surface area contributed by atoms with Gasteiger partial charge in [0.1, 0.15) is 17.3 Å². The number of carbonyl (C=O) groups excluding carboxylic acids is 1. The summed E-state index contributed by atoms with van der Waals surface area (Å²) in [7, 11) is 0. The molecule has 0 aromatic heterocycles. The fraction of sp³-hybridized carbons (Fsp3) is 0.0588. The Morgan fingerprint density at radius 2 is 2.00 bits per heavy atom. The van der Waals surface area contributed by atoms with Crippen LogP contribution in [0.15, 0.2) is 54.2 Å². The highest BCUT2D eigenvalue weighted by Gasteiger charge is 2.17. The van der Waals surface area contributed by atoms with Gasteiger partial charge in [0.15, 0.2) is 0 Å². The second-order valence-electron chi connectivity index (χ2n) is 5.00. The van der Waals surface area contributed by atoms with Crippen LogP contribution in [-0.4, -0.2) is 10.8 Å². The quantitative estimate of drug-likeness (QED) is 0.364. The van der Waals surface area contributed by atoms with E-state index in [9.17, 15) is 20.2 Å². The predicted octanol–water partition coefficient (Wildman–Crippen LogP) is 4.01. The van der Waals surface area contributed by atoms with E-state index in [1.54, 1.807) is 30.3 Å². The van der Waals surface area contributed by atoms with Crippen molar-refractivity contribution in [3.63, 3.8) is 0 Å². The van der Waals surface area contributed by atoms with Crippen LogP contribution in [-0.2, 0) is 4.79 Å². The van der Waals surface area contributed by atoms with Gasteiger partial charge in [-0.25, -0.2) is 0 Å². The van der Waals surface area contributed by atoms with E-state index in [4.69, 9.17) is 11.6 Å². The van der Waals surface area contributed by atoms with Crippen LogP contribution in [0.1, 0.15) is 5.56 Å². The Kier molecular flexibility index (Phi) is 5.71. The number of amides is 1. The molecule has 0 saturated heterocycles. The average molecular weight is 357 g/mol. The Hall–Kier alpha value is -3.37. The molecule has 8 heteroatoms. The van der Waals surface area contributed by atoms with Crippen molar-refractivity contribution in [1.82, 2.24) is 0 Å². The summed E-state index contributed by atoms with van der Waals surface area (Å²) in [5, 5.41) is 25.9. The zero-order chi connectivity index (χ0) is 18.4. The maximum atomic E-state index is 12.2. The smallest absolute Gasteiger partial charge is 0.292 e. The van der Waals surface area contributed by atoms with Gasteiger partial charge in [-0.05, 0) is 30.7 Å². The van der Waals surface area contributed by atoms with E-state index in [2.05, 4.69) is 10.6 Å². The fourth-order valence-electron chi connectivity index (χ4n) is 1.98. The first kappa shape index (κ1) is 18.0. The molecule has 0 spiro atoms. The van der Waals surface area contributed by atoms with E-state index in [1.807, 2.05) is 6.92 Å². The summed E-state index contributed by atoms with van der Waals surface area (Å²) in [6.07, 6.45) is 1.22. The molecule has 2 aromatic carbocycles. The first-order valence-corrected chi connectivity index (χ1v) is 7.48. The van der Waals surface area contributed by atoms with Gasteiger partial charge in [0, 0.05) is 23.0 Å². The first-order chi connectivity index (χ1) is 11.9. The zero-order valence-corrected chi connectivity index (χ0v) is 13.9. The molecular weight excluding hydrogens is 344 g/mol. The molecule has 0 unspecified atom stereocenters. The number of para-hydroxylation sites is 2. The molecule has 0 radical (unpaired) electrons. The highest BCUT2D eigenvalue weighted by Crippen LogP contribution is 2.24. The lowest BCUT2D eigenvalue weighted by molar-refractivity contribution is -0.383. The van der Waals surface area contributed by atoms with Gasteiger partial charge in [-0.15, -0.1) is 0 Å². The van der Waals surface area contributed by atoms with Gasteiger partial charge in [-0.1, -0.05) is 29.8 Å². The maximum absolute atomic E-state index is 12.2. The first-order valence-electron chi connectivity index (χ1n) is 7.10. The summed E-state index contributed by atoms with van der Waals surface area (Å²) < 4.78 is 0. The van der Waals surface area contributed by atoms with Crippen molar-refractivity contribution in [3.05, 3.63) is 74.9 Å². The molecule has 0 aliphatic heterocycles. The second-order valence-corrected chi connectivity index (χ2v) is 5.44. The van der Waals surface area contributed by atoms with Crippen LogP contribution in [0.2, 0.25) is 5.02 Å². The molecule has 2 aromatic rings. The Bertz CT molecular complexity index is 903. The molecule has 0 bridgehead atoms. The standard InChI is InChI=1S/C17H13ClN4O3/c1-11-6-7-13(18)8-15(11)20-10-12(9-19)17(23)21-14-4-2-3-5-16(14)22(24)25/h2-8,10,20H,1H3,(H,21,23)/b12-10-. The van der Waals surface area contributed by atoms with E-state index in [0.717, 1.165) is 5.56 Å². The SMILES string of the molecule is Cc1ccc(Cl)cc1N/C=C(/C#N)C(=O)Nc1ccccc1[N+](=O)[O-]. The lowest BCUT2D eigenvalue weighted by Gasteiger charge is -2.08. The summed E-state index contributed by atoms with van der Waals surface area (Å²) in [5.41, 5.74) is 1.03. The fourth-order valence-corrected chi connectivity index (χ4v) is 2.15. The molecule has 0 aliphatic carbocycles. The van der Waals surface area contributed by atoms with Gasteiger partial charge < -0.3 is 10.6 Å². The number of nitriles is 1. The Morgan fingerprint density at radius 3 is 2.68 bits per heavy atom. The average Bonchev–Trinajstić information content (AvgIpc) is 2.58. The minimum absolute atomic E-state index is 0.0117. The van der Waals surface area contributed by atoms with Gasteiger partial charge in [0.25, 0.3) is 11.6 Å². The van der Waals surface area contributed by atoms with Crippen molar-refractivity contribution in [2.75, 3.05) is 10.6 Å². The van der Waals surface area contributed by atoms with Gasteiger partial charge in [0.2, 0.25) is 0 Å². The number of benzene rings is 2. The molecule has 0 atom stereocenters. The van der Waals surface area contributed by atoms with E-state index in [-0.39, 0.29) is 16.9 Å². The molecule has 0 fully saturated rings. The summed E-state index contributed by atoms with van der Waals surface area (Å²) >= 11 is 5.91. The van der Waals surface area contributed by atoms with Crippen molar-refractivity contribution < 1.29 is 9.72 Å². The molecule has 2 N–H and O–H groups in total. The normalized spacial score (nSPS) is 10.7. The van der Waals surface area contributed by atoms with Crippen molar-refractivity contribution in [2.45, 2.75) is 6.92 Å². The number of nitrogens with one attached hydrogen (secondary N) is 2. The molecule has 0 saturated carbocycles. The van der Waals surface area contributed by atoms with Gasteiger partial charge in [0.05, 0.1) is 4.92 Å². The third kappa shape index (κ3) is 4.56. The Balaban J connectivity index is 2.20. The van der Waals surface area contributed by atoms with Crippen LogP contribution in [0.3, 0.4) is 0 Å². The third-order valence-electron chi connectivity index (χ3n) is 3.29. The summed E-state index contributed by atoms with van der Waals surface area (Å²) in [4.78, 5) is 22.6. The number of rotatable bonds is 5. The van der Waals surface area contributed by atoms with Crippen LogP contribution in [0.5, 0.6) is 0 Å². The molecule has 7 nitrogen and oxygen atoms in total. The lowest BCUT2D eigenvalue weighted by Crippen LogP contribution is -2.15. The highest BCUT2D eigenvalue weighted by molar-refractivity contribution is 6.30. The second kappa shape index (κ2) is 7.95. The number of carbonyl (C=O) groups is 1. The van der Waals surface area contributed by atoms with Crippen molar-refractivity contribution in [2.24, 2.45) is 0 Å². The van der Waals surface area contributed by atoms with Crippen molar-refractivity contribution in [3.8, 4) is 6.07 Å². The van der Waals surface area contributed by atoms with Crippen LogP contribution < -0.4 is 10.6 Å². The molecule has 126 valence electrons. The zero-order valence-electron chi connectivity index (χ0n) is 13.1. The molecule has 1 amide bonds. The van der Waals surface area contributed by atoms with Crippen LogP contribution in [0.25, 0.3) is 0 Å². The van der Waals surface area contributed by atoms with Gasteiger partial charge in [-0.2, -0.15) is 5.26 Å². The van der Waals surface area contributed by atoms with Crippen molar-refractivity contribution >= 4 is 34.6 Å². The topological polar surface area (TPSA) is 108 Å². The highest BCUT2D eigenvalue weighted by atomic mass is 35.5. The number of anilines is 2. The molecular formula is C17H13ClN4O3. The lowest BCUT2D eigenvalue weighted by atomic mass is 10.2. The summed E-state index contributed by atoms with van der Waals surface area (Å²) in [5.74, 6) is -0.760. The molecule has 0 heterocycles. The monoisotopic (exact) mass is 356 g/mol. The maximum Gasteiger partial charge on any atom is 0.292 e. The van der Waals surface area contributed by atoms with E-state index >= 15 is 0 Å².